The van der Waals surface area contributed by atoms with Gasteiger partial charge in [-0.15, -0.1) is 11.3 Å². The molecular formula is C17H16F3NO3S. The lowest BCUT2D eigenvalue weighted by molar-refractivity contribution is -0.0882. The van der Waals surface area contributed by atoms with Crippen LogP contribution in [-0.4, -0.2) is 23.7 Å². The Hall–Kier alpha value is -2.35. The van der Waals surface area contributed by atoms with Gasteiger partial charge in [-0.1, -0.05) is 12.1 Å². The van der Waals surface area contributed by atoms with Crippen molar-refractivity contribution >= 4 is 28.9 Å². The van der Waals surface area contributed by atoms with Crippen molar-refractivity contribution < 1.29 is 27.5 Å². The van der Waals surface area contributed by atoms with Gasteiger partial charge in [0.1, 0.15) is 5.60 Å². The van der Waals surface area contributed by atoms with Crippen molar-refractivity contribution in [2.45, 2.75) is 32.5 Å². The van der Waals surface area contributed by atoms with E-state index in [1.807, 2.05) is 0 Å². The second-order valence-electron chi connectivity index (χ2n) is 6.20. The van der Waals surface area contributed by atoms with E-state index >= 15 is 0 Å². The van der Waals surface area contributed by atoms with Gasteiger partial charge in [0.05, 0.1) is 4.88 Å². The molecule has 25 heavy (non-hydrogen) atoms. The molecular weight excluding hydrogens is 355 g/mol. The van der Waals surface area contributed by atoms with Gasteiger partial charge in [0.2, 0.25) is 0 Å². The Morgan fingerprint density at radius 2 is 1.76 bits per heavy atom. The van der Waals surface area contributed by atoms with Crippen LogP contribution in [0.2, 0.25) is 0 Å². The number of thiophene rings is 1. The molecule has 1 heterocycles. The fourth-order valence-electron chi connectivity index (χ4n) is 1.93. The third-order valence-electron chi connectivity index (χ3n) is 2.88. The molecule has 1 aromatic carbocycles. The molecule has 2 aromatic rings. The Bertz CT molecular complexity index is 791. The Kier molecular flexibility index (Phi) is 5.22. The molecule has 0 atom stereocenters. The summed E-state index contributed by atoms with van der Waals surface area (Å²) in [6, 6.07) is 9.13. The Morgan fingerprint density at radius 3 is 2.36 bits per heavy atom. The quantitative estimate of drug-likeness (QED) is 0.724. The number of anilines is 1. The van der Waals surface area contributed by atoms with Crippen LogP contribution in [0.4, 0.5) is 23.7 Å². The van der Waals surface area contributed by atoms with Crippen LogP contribution in [0.15, 0.2) is 36.4 Å². The zero-order chi connectivity index (χ0) is 18.8. The Morgan fingerprint density at radius 1 is 1.08 bits per heavy atom. The van der Waals surface area contributed by atoms with Gasteiger partial charge < -0.3 is 4.74 Å². The molecule has 0 unspecified atom stereocenters. The maximum atomic E-state index is 12.5. The van der Waals surface area contributed by atoms with Crippen molar-refractivity contribution in [1.82, 2.24) is 0 Å². The smallest absolute Gasteiger partial charge is 0.444 e. The predicted molar refractivity (Wildman–Crippen MR) is 90.0 cm³/mol. The van der Waals surface area contributed by atoms with Crippen molar-refractivity contribution in [3.8, 4) is 10.4 Å². The third kappa shape index (κ3) is 5.32. The third-order valence-corrected chi connectivity index (χ3v) is 4.01. The zero-order valence-electron chi connectivity index (χ0n) is 13.7. The molecule has 0 aliphatic rings. The summed E-state index contributed by atoms with van der Waals surface area (Å²) >= 11 is 0.745. The van der Waals surface area contributed by atoms with Crippen molar-refractivity contribution in [2.75, 3.05) is 5.32 Å². The number of halogens is 3. The molecule has 1 aromatic heterocycles. The first-order valence-electron chi connectivity index (χ1n) is 7.27. The van der Waals surface area contributed by atoms with E-state index in [1.54, 1.807) is 45.0 Å². The summed E-state index contributed by atoms with van der Waals surface area (Å²) in [4.78, 5) is 23.2. The normalized spacial score (nSPS) is 11.9. The molecule has 0 spiro atoms. The molecule has 2 rings (SSSR count). The van der Waals surface area contributed by atoms with E-state index in [9.17, 15) is 22.8 Å². The molecule has 0 bridgehead atoms. The van der Waals surface area contributed by atoms with Crippen molar-refractivity contribution in [2.24, 2.45) is 0 Å². The first kappa shape index (κ1) is 19.0. The number of nitrogens with one attached hydrogen (secondary N) is 1. The summed E-state index contributed by atoms with van der Waals surface area (Å²) in [6.07, 6.45) is -5.54. The molecule has 8 heteroatoms. The van der Waals surface area contributed by atoms with Crippen LogP contribution in [0, 0.1) is 0 Å². The van der Waals surface area contributed by atoms with E-state index < -0.39 is 23.7 Å². The summed E-state index contributed by atoms with van der Waals surface area (Å²) in [5.74, 6) is -1.87. The lowest BCUT2D eigenvalue weighted by Crippen LogP contribution is -2.27. The number of carbonyl (C=O) groups excluding carboxylic acids is 2. The summed E-state index contributed by atoms with van der Waals surface area (Å²) in [7, 11) is 0. The van der Waals surface area contributed by atoms with Gasteiger partial charge in [0.15, 0.2) is 0 Å². The first-order valence-corrected chi connectivity index (χ1v) is 8.09. The molecule has 1 N–H and O–H groups in total. The number of rotatable bonds is 3. The molecule has 0 saturated carbocycles. The van der Waals surface area contributed by atoms with Gasteiger partial charge in [-0.05, 0) is 50.6 Å². The van der Waals surface area contributed by atoms with Gasteiger partial charge in [-0.25, -0.2) is 4.79 Å². The van der Waals surface area contributed by atoms with Crippen LogP contribution in [-0.2, 0) is 4.74 Å². The number of hydrogen-bond donors (Lipinski definition) is 1. The van der Waals surface area contributed by atoms with Gasteiger partial charge in [-0.2, -0.15) is 13.2 Å². The molecule has 4 nitrogen and oxygen atoms in total. The number of ketones is 1. The van der Waals surface area contributed by atoms with Crippen molar-refractivity contribution in [3.05, 3.63) is 41.3 Å². The number of hydrogen-bond acceptors (Lipinski definition) is 4. The Balaban J connectivity index is 2.18. The number of benzene rings is 1. The van der Waals surface area contributed by atoms with Gasteiger partial charge in [0, 0.05) is 10.6 Å². The van der Waals surface area contributed by atoms with Crippen LogP contribution in [0.1, 0.15) is 30.4 Å². The maximum absolute atomic E-state index is 12.5. The minimum atomic E-state index is -4.90. The highest BCUT2D eigenvalue weighted by Gasteiger charge is 2.40. The largest absolute Gasteiger partial charge is 0.455 e. The second kappa shape index (κ2) is 6.87. The lowest BCUT2D eigenvalue weighted by Gasteiger charge is -2.19. The highest BCUT2D eigenvalue weighted by Crippen LogP contribution is 2.33. The van der Waals surface area contributed by atoms with Crippen LogP contribution in [0.3, 0.4) is 0 Å². The summed E-state index contributed by atoms with van der Waals surface area (Å²) < 4.78 is 42.6. The van der Waals surface area contributed by atoms with Gasteiger partial charge in [-0.3, -0.25) is 10.1 Å². The Labute approximate surface area is 146 Å². The van der Waals surface area contributed by atoms with E-state index in [1.165, 1.54) is 6.07 Å². The SMILES string of the molecule is CC(C)(C)OC(=O)Nc1cccc(-c2ccc(C(=O)C(F)(F)F)s2)c1. The molecule has 134 valence electrons. The second-order valence-corrected chi connectivity index (χ2v) is 7.28. The van der Waals surface area contributed by atoms with E-state index in [-0.39, 0.29) is 4.88 Å². The summed E-state index contributed by atoms with van der Waals surface area (Å²) in [6.45, 7) is 5.19. The standard InChI is InChI=1S/C17H16F3NO3S/c1-16(2,3)24-15(23)21-11-6-4-5-10(9-11)12-7-8-13(25-12)14(22)17(18,19)20/h4-9H,1-3H3,(H,21,23). The number of carbonyl (C=O) groups is 2. The molecule has 0 fully saturated rings. The van der Waals surface area contributed by atoms with E-state index in [4.69, 9.17) is 4.74 Å². The summed E-state index contributed by atoms with van der Waals surface area (Å²) in [5.41, 5.74) is 0.367. The van der Waals surface area contributed by atoms with Crippen LogP contribution >= 0.6 is 11.3 Å². The topological polar surface area (TPSA) is 55.4 Å². The minimum absolute atomic E-state index is 0.381. The van der Waals surface area contributed by atoms with E-state index in [0.717, 1.165) is 17.4 Å². The van der Waals surface area contributed by atoms with Crippen molar-refractivity contribution in [1.29, 1.82) is 0 Å². The average molecular weight is 371 g/mol. The number of ether oxygens (including phenoxy) is 1. The molecule has 0 saturated heterocycles. The molecule has 0 aliphatic carbocycles. The molecule has 1 amide bonds. The monoisotopic (exact) mass is 371 g/mol. The number of Topliss-reactive ketones (excluding diaryl/α,β-unsaturated/α-hetero) is 1. The van der Waals surface area contributed by atoms with Crippen LogP contribution in [0.5, 0.6) is 0 Å². The van der Waals surface area contributed by atoms with Gasteiger partial charge in [0.25, 0.3) is 5.78 Å². The minimum Gasteiger partial charge on any atom is -0.444 e. The van der Waals surface area contributed by atoms with E-state index in [0.29, 0.717) is 16.1 Å². The highest BCUT2D eigenvalue weighted by atomic mass is 32.1. The zero-order valence-corrected chi connectivity index (χ0v) is 14.5. The fraction of sp³-hybridized carbons (Fsp3) is 0.294. The average Bonchev–Trinajstić information content (AvgIpc) is 2.93. The molecule has 0 aliphatic heterocycles. The maximum Gasteiger partial charge on any atom is 0.455 e. The number of amides is 1. The fourth-order valence-corrected chi connectivity index (χ4v) is 2.89. The lowest BCUT2D eigenvalue weighted by atomic mass is 10.1. The first-order chi connectivity index (χ1) is 11.5. The van der Waals surface area contributed by atoms with Crippen molar-refractivity contribution in [3.63, 3.8) is 0 Å². The van der Waals surface area contributed by atoms with Crippen LogP contribution < -0.4 is 5.32 Å². The van der Waals surface area contributed by atoms with E-state index in [2.05, 4.69) is 5.32 Å². The highest BCUT2D eigenvalue weighted by molar-refractivity contribution is 7.17. The van der Waals surface area contributed by atoms with Gasteiger partial charge >= 0.3 is 12.3 Å². The van der Waals surface area contributed by atoms with Crippen LogP contribution in [0.25, 0.3) is 10.4 Å². The molecule has 0 radical (unpaired) electrons. The predicted octanol–water partition coefficient (Wildman–Crippen LogP) is 5.51. The summed E-state index contributed by atoms with van der Waals surface area (Å²) in [5, 5.41) is 2.56. The number of alkyl halides is 3.